The van der Waals surface area contributed by atoms with E-state index >= 15 is 0 Å². The summed E-state index contributed by atoms with van der Waals surface area (Å²) in [4.78, 5) is 16.6. The molecule has 0 radical (unpaired) electrons. The molecule has 0 aliphatic rings. The molecule has 2 aromatic heterocycles. The average molecular weight is 293 g/mol. The molecule has 0 bridgehead atoms. The molecule has 2 rings (SSSR count). The minimum Gasteiger partial charge on any atom is -0.467 e. The highest BCUT2D eigenvalue weighted by Gasteiger charge is 2.31. The van der Waals surface area contributed by atoms with Gasteiger partial charge in [0.2, 0.25) is 5.95 Å². The van der Waals surface area contributed by atoms with Crippen LogP contribution >= 0.6 is 0 Å². The van der Waals surface area contributed by atoms with Crippen LogP contribution in [0.5, 0.6) is 0 Å². The van der Waals surface area contributed by atoms with Crippen LogP contribution in [0.25, 0.3) is 11.2 Å². The number of hydrogen-bond donors (Lipinski definition) is 1. The maximum absolute atomic E-state index is 12.1. The van der Waals surface area contributed by atoms with Gasteiger partial charge in [-0.3, -0.25) is 9.25 Å². The number of aryl methyl sites for hydroxylation is 2. The van der Waals surface area contributed by atoms with Crippen molar-refractivity contribution in [1.29, 1.82) is 0 Å². The fraction of sp³-hybridized carbons (Fsp3) is 0.643. The number of carbonyl (C=O) groups excluding carboxylic acids is 1. The van der Waals surface area contributed by atoms with Crippen LogP contribution in [0, 0.1) is 5.92 Å². The van der Waals surface area contributed by atoms with Gasteiger partial charge < -0.3 is 10.5 Å². The van der Waals surface area contributed by atoms with Crippen molar-refractivity contribution in [1.82, 2.24) is 19.3 Å². The zero-order chi connectivity index (χ0) is 15.7. The molecule has 0 fully saturated rings. The molecule has 2 N–H and O–H groups in total. The lowest BCUT2D eigenvalue weighted by molar-refractivity contribution is -0.145. The maximum atomic E-state index is 12.1. The van der Waals surface area contributed by atoms with E-state index in [2.05, 4.69) is 17.0 Å². The lowest BCUT2D eigenvalue weighted by Gasteiger charge is -2.21. The Bertz CT molecular complexity index is 656. The molecule has 0 spiro atoms. The van der Waals surface area contributed by atoms with Crippen LogP contribution in [0.1, 0.15) is 38.9 Å². The summed E-state index contributed by atoms with van der Waals surface area (Å²) in [5, 5.41) is 4.49. The number of fused-ring (bicyclic) bond motifs is 1. The third-order valence-corrected chi connectivity index (χ3v) is 3.60. The summed E-state index contributed by atoms with van der Waals surface area (Å²) in [7, 11) is 3.22. The number of carbonyl (C=O) groups is 1. The van der Waals surface area contributed by atoms with Crippen LogP contribution < -0.4 is 5.73 Å². The molecular formula is C14H23N5O2. The minimum absolute atomic E-state index is 0.0293. The van der Waals surface area contributed by atoms with E-state index < -0.39 is 6.04 Å². The van der Waals surface area contributed by atoms with Crippen molar-refractivity contribution in [3.05, 3.63) is 5.69 Å². The van der Waals surface area contributed by atoms with Crippen molar-refractivity contribution in [2.75, 3.05) is 12.8 Å². The Labute approximate surface area is 124 Å². The number of nitrogen functional groups attached to an aromatic ring is 1. The van der Waals surface area contributed by atoms with E-state index in [9.17, 15) is 4.79 Å². The van der Waals surface area contributed by atoms with Crippen molar-refractivity contribution in [2.45, 2.75) is 39.7 Å². The molecule has 0 aliphatic heterocycles. The summed E-state index contributed by atoms with van der Waals surface area (Å²) < 4.78 is 8.40. The van der Waals surface area contributed by atoms with Gasteiger partial charge in [0.1, 0.15) is 11.6 Å². The third-order valence-electron chi connectivity index (χ3n) is 3.60. The van der Waals surface area contributed by atoms with Crippen molar-refractivity contribution >= 4 is 23.1 Å². The Hall–Kier alpha value is -2.05. The number of ether oxygens (including phenoxy) is 1. The summed E-state index contributed by atoms with van der Waals surface area (Å²) in [6, 6.07) is -0.509. The van der Waals surface area contributed by atoms with Gasteiger partial charge in [-0.25, -0.2) is 9.78 Å². The van der Waals surface area contributed by atoms with Crippen molar-refractivity contribution in [3.63, 3.8) is 0 Å². The summed E-state index contributed by atoms with van der Waals surface area (Å²) in [5.41, 5.74) is 8.51. The predicted octanol–water partition coefficient (Wildman–Crippen LogP) is 1.67. The van der Waals surface area contributed by atoms with Gasteiger partial charge in [0, 0.05) is 7.05 Å². The summed E-state index contributed by atoms with van der Waals surface area (Å²) in [6.45, 7) is 6.00. The smallest absolute Gasteiger partial charge is 0.329 e. The molecular weight excluding hydrogens is 270 g/mol. The molecule has 1 unspecified atom stereocenters. The number of anilines is 1. The molecule has 7 nitrogen and oxygen atoms in total. The molecule has 0 saturated carbocycles. The molecule has 2 heterocycles. The first kappa shape index (κ1) is 15.3. The predicted molar refractivity (Wildman–Crippen MR) is 80.8 cm³/mol. The highest BCUT2D eigenvalue weighted by Crippen LogP contribution is 2.30. The number of nitrogens with two attached hydrogens (primary N) is 1. The first-order valence-electron chi connectivity index (χ1n) is 7.19. The average Bonchev–Trinajstić information content (AvgIpc) is 2.89. The standard InChI is InChI=1S/C14H23N5O2/c1-6-7-9-10-12(18(4)17-9)19(14(15)16-10)11(8(2)3)13(20)21-5/h8,11H,6-7H2,1-5H3,(H2,15,16). The van der Waals surface area contributed by atoms with E-state index in [-0.39, 0.29) is 11.9 Å². The maximum Gasteiger partial charge on any atom is 0.329 e. The van der Waals surface area contributed by atoms with Crippen LogP contribution in [-0.4, -0.2) is 32.4 Å². The lowest BCUT2D eigenvalue weighted by Crippen LogP contribution is -2.27. The van der Waals surface area contributed by atoms with Crippen LogP contribution in [0.3, 0.4) is 0 Å². The topological polar surface area (TPSA) is 88.0 Å². The number of rotatable bonds is 5. The van der Waals surface area contributed by atoms with Gasteiger partial charge in [0.05, 0.1) is 12.8 Å². The van der Waals surface area contributed by atoms with Gasteiger partial charge in [-0.1, -0.05) is 27.2 Å². The van der Waals surface area contributed by atoms with Gasteiger partial charge in [-0.05, 0) is 12.3 Å². The van der Waals surface area contributed by atoms with Crippen LogP contribution in [0.15, 0.2) is 0 Å². The van der Waals surface area contributed by atoms with Crippen LogP contribution in [0.4, 0.5) is 5.95 Å². The molecule has 21 heavy (non-hydrogen) atoms. The van der Waals surface area contributed by atoms with Gasteiger partial charge in [0.25, 0.3) is 0 Å². The fourth-order valence-corrected chi connectivity index (χ4v) is 2.70. The normalized spacial score (nSPS) is 13.0. The minimum atomic E-state index is -0.509. The zero-order valence-electron chi connectivity index (χ0n) is 13.3. The van der Waals surface area contributed by atoms with Crippen molar-refractivity contribution < 1.29 is 9.53 Å². The van der Waals surface area contributed by atoms with E-state index in [1.165, 1.54) is 7.11 Å². The van der Waals surface area contributed by atoms with E-state index in [0.717, 1.165) is 29.7 Å². The van der Waals surface area contributed by atoms with E-state index in [1.807, 2.05) is 20.9 Å². The number of esters is 1. The van der Waals surface area contributed by atoms with Gasteiger partial charge in [-0.2, -0.15) is 5.10 Å². The Morgan fingerprint density at radius 1 is 1.43 bits per heavy atom. The molecule has 0 saturated heterocycles. The second-order valence-corrected chi connectivity index (χ2v) is 5.54. The summed E-state index contributed by atoms with van der Waals surface area (Å²) in [5.74, 6) is 0.0235. The zero-order valence-corrected chi connectivity index (χ0v) is 13.3. The number of nitrogens with zero attached hydrogens (tertiary/aromatic N) is 4. The number of imidazole rings is 1. The van der Waals surface area contributed by atoms with E-state index in [0.29, 0.717) is 5.95 Å². The third kappa shape index (κ3) is 2.48. The fourth-order valence-electron chi connectivity index (χ4n) is 2.70. The number of hydrogen-bond acceptors (Lipinski definition) is 5. The number of methoxy groups -OCH3 is 1. The van der Waals surface area contributed by atoms with Gasteiger partial charge >= 0.3 is 5.97 Å². The highest BCUT2D eigenvalue weighted by molar-refractivity contribution is 5.82. The highest BCUT2D eigenvalue weighted by atomic mass is 16.5. The molecule has 116 valence electrons. The second-order valence-electron chi connectivity index (χ2n) is 5.54. The molecule has 0 amide bonds. The number of aromatic nitrogens is 4. The molecule has 0 aromatic carbocycles. The molecule has 2 aromatic rings. The Kier molecular flexibility index (Phi) is 4.20. The van der Waals surface area contributed by atoms with E-state index in [1.54, 1.807) is 9.25 Å². The summed E-state index contributed by atoms with van der Waals surface area (Å²) >= 11 is 0. The lowest BCUT2D eigenvalue weighted by atomic mass is 10.0. The quantitative estimate of drug-likeness (QED) is 0.847. The largest absolute Gasteiger partial charge is 0.467 e. The Morgan fingerprint density at radius 2 is 2.10 bits per heavy atom. The molecule has 7 heteroatoms. The van der Waals surface area contributed by atoms with Crippen molar-refractivity contribution in [2.24, 2.45) is 13.0 Å². The first-order valence-corrected chi connectivity index (χ1v) is 7.19. The van der Waals surface area contributed by atoms with E-state index in [4.69, 9.17) is 10.5 Å². The second kappa shape index (κ2) is 5.75. The Balaban J connectivity index is 2.67. The van der Waals surface area contributed by atoms with Crippen LogP contribution in [-0.2, 0) is 23.0 Å². The molecule has 0 aliphatic carbocycles. The Morgan fingerprint density at radius 3 is 2.62 bits per heavy atom. The molecule has 1 atom stereocenters. The van der Waals surface area contributed by atoms with Crippen LogP contribution in [0.2, 0.25) is 0 Å². The first-order chi connectivity index (χ1) is 9.92. The monoisotopic (exact) mass is 293 g/mol. The van der Waals surface area contributed by atoms with Gasteiger partial charge in [0.15, 0.2) is 5.65 Å². The van der Waals surface area contributed by atoms with Gasteiger partial charge in [-0.15, -0.1) is 0 Å². The SMILES string of the molecule is CCCc1nn(C)c2c1nc(N)n2C(C(=O)OC)C(C)C. The van der Waals surface area contributed by atoms with Crippen molar-refractivity contribution in [3.8, 4) is 0 Å². The summed E-state index contributed by atoms with van der Waals surface area (Å²) in [6.07, 6.45) is 1.81.